The number of amides is 1. The number of carbonyl (C=O) groups is 1. The lowest BCUT2D eigenvalue weighted by Crippen LogP contribution is -2.30. The number of benzene rings is 2. The number of thioether (sulfide) groups is 1. The van der Waals surface area contributed by atoms with Crippen molar-refractivity contribution in [2.24, 2.45) is 4.99 Å². The number of hydrogen-bond donors (Lipinski definition) is 0. The van der Waals surface area contributed by atoms with E-state index in [1.165, 1.54) is 17.3 Å². The van der Waals surface area contributed by atoms with E-state index in [1.807, 2.05) is 54.6 Å². The van der Waals surface area contributed by atoms with Gasteiger partial charge in [-0.2, -0.15) is 0 Å². The molecule has 0 saturated carbocycles. The second-order valence-corrected chi connectivity index (χ2v) is 8.05. The molecule has 1 aliphatic rings. The molecule has 1 saturated heterocycles. The Morgan fingerprint density at radius 1 is 1.07 bits per heavy atom. The van der Waals surface area contributed by atoms with Crippen LogP contribution in [0.15, 0.2) is 58.4 Å². The Kier molecular flexibility index (Phi) is 7.53. The summed E-state index contributed by atoms with van der Waals surface area (Å²) in [7, 11) is 0. The highest BCUT2D eigenvalue weighted by molar-refractivity contribution is 8.18. The first-order valence-corrected chi connectivity index (χ1v) is 11.0. The van der Waals surface area contributed by atoms with Crippen LogP contribution < -0.4 is 4.74 Å². The van der Waals surface area contributed by atoms with Gasteiger partial charge in [-0.1, -0.05) is 56.2 Å². The maximum absolute atomic E-state index is 13.1. The van der Waals surface area contributed by atoms with Gasteiger partial charge in [0, 0.05) is 12.1 Å². The lowest BCUT2D eigenvalue weighted by molar-refractivity contribution is -0.122. The highest BCUT2D eigenvalue weighted by Gasteiger charge is 2.33. The zero-order chi connectivity index (χ0) is 20.6. The van der Waals surface area contributed by atoms with Crippen LogP contribution in [-0.4, -0.2) is 29.1 Å². The molecule has 0 radical (unpaired) electrons. The number of aryl methyl sites for hydroxylation is 1. The number of amidine groups is 1. The molecule has 0 N–H and O–H groups in total. The van der Waals surface area contributed by atoms with Crippen molar-refractivity contribution in [3.63, 3.8) is 0 Å². The van der Waals surface area contributed by atoms with Crippen LogP contribution >= 0.6 is 11.8 Å². The topological polar surface area (TPSA) is 41.9 Å². The van der Waals surface area contributed by atoms with E-state index in [0.717, 1.165) is 41.4 Å². The first-order chi connectivity index (χ1) is 14.1. The number of nitrogens with zero attached hydrogens (tertiary/aromatic N) is 2. The first kappa shape index (κ1) is 21.2. The van der Waals surface area contributed by atoms with Crippen molar-refractivity contribution >= 4 is 34.6 Å². The highest BCUT2D eigenvalue weighted by Crippen LogP contribution is 2.35. The normalized spacial score (nSPS) is 16.8. The summed E-state index contributed by atoms with van der Waals surface area (Å²) in [6, 6.07) is 15.9. The maximum Gasteiger partial charge on any atom is 0.266 e. The van der Waals surface area contributed by atoms with Crippen LogP contribution in [0.3, 0.4) is 0 Å². The first-order valence-electron chi connectivity index (χ1n) is 10.2. The molecule has 0 spiro atoms. The summed E-state index contributed by atoms with van der Waals surface area (Å²) >= 11 is 1.44. The monoisotopic (exact) mass is 408 g/mol. The standard InChI is InChI=1S/C24H28N2O2S/c1-4-6-15-26-23(27)22(17-19-9-7-8-10-21(19)28-16-5-2)29-24(26)25-20-13-11-18(3)12-14-20/h7-14,17H,4-6,15-16H2,1-3H3/b22-17+,25-24?. The third kappa shape index (κ3) is 5.51. The van der Waals surface area contributed by atoms with Gasteiger partial charge in [-0.25, -0.2) is 4.99 Å². The highest BCUT2D eigenvalue weighted by atomic mass is 32.2. The predicted molar refractivity (Wildman–Crippen MR) is 123 cm³/mol. The summed E-state index contributed by atoms with van der Waals surface area (Å²) in [5, 5.41) is 0.741. The second kappa shape index (κ2) is 10.3. The number of rotatable bonds is 8. The van der Waals surface area contributed by atoms with Crippen LogP contribution in [0.4, 0.5) is 5.69 Å². The molecule has 152 valence electrons. The van der Waals surface area contributed by atoms with Crippen LogP contribution in [0, 0.1) is 6.92 Å². The summed E-state index contributed by atoms with van der Waals surface area (Å²) in [4.78, 5) is 20.4. The molecule has 0 unspecified atom stereocenters. The minimum Gasteiger partial charge on any atom is -0.493 e. The summed E-state index contributed by atoms with van der Waals surface area (Å²) in [5.41, 5.74) is 2.97. The zero-order valence-corrected chi connectivity index (χ0v) is 18.2. The van der Waals surface area contributed by atoms with Crippen molar-refractivity contribution in [3.05, 3.63) is 64.6 Å². The average Bonchev–Trinajstić information content (AvgIpc) is 3.01. The quantitative estimate of drug-likeness (QED) is 0.489. The summed E-state index contributed by atoms with van der Waals surface area (Å²) in [6.45, 7) is 7.60. The lowest BCUT2D eigenvalue weighted by Gasteiger charge is -2.14. The van der Waals surface area contributed by atoms with Gasteiger partial charge in [-0.05, 0) is 55.8 Å². The molecule has 5 heteroatoms. The number of carbonyl (C=O) groups excluding carboxylic acids is 1. The number of ether oxygens (including phenoxy) is 1. The van der Waals surface area contributed by atoms with Gasteiger partial charge in [0.2, 0.25) is 0 Å². The minimum absolute atomic E-state index is 0.0135. The van der Waals surface area contributed by atoms with Gasteiger partial charge < -0.3 is 4.74 Å². The van der Waals surface area contributed by atoms with Crippen molar-refractivity contribution in [3.8, 4) is 5.75 Å². The van der Waals surface area contributed by atoms with E-state index < -0.39 is 0 Å². The third-order valence-corrected chi connectivity index (χ3v) is 5.56. The number of unbranched alkanes of at least 4 members (excludes halogenated alkanes) is 1. The summed E-state index contributed by atoms with van der Waals surface area (Å²) in [5.74, 6) is 0.818. The van der Waals surface area contributed by atoms with E-state index in [1.54, 1.807) is 4.90 Å². The largest absolute Gasteiger partial charge is 0.493 e. The Morgan fingerprint density at radius 2 is 1.83 bits per heavy atom. The van der Waals surface area contributed by atoms with Crippen LogP contribution in [0.1, 0.15) is 44.2 Å². The van der Waals surface area contributed by atoms with E-state index in [0.29, 0.717) is 18.1 Å². The van der Waals surface area contributed by atoms with E-state index in [-0.39, 0.29) is 5.91 Å². The fourth-order valence-electron chi connectivity index (χ4n) is 2.92. The van der Waals surface area contributed by atoms with Gasteiger partial charge in [0.15, 0.2) is 5.17 Å². The van der Waals surface area contributed by atoms with Gasteiger partial charge in [0.1, 0.15) is 5.75 Å². The van der Waals surface area contributed by atoms with Crippen molar-refractivity contribution in [1.29, 1.82) is 0 Å². The summed E-state index contributed by atoms with van der Waals surface area (Å²) < 4.78 is 5.85. The number of aliphatic imine (C=N–C) groups is 1. The number of para-hydroxylation sites is 1. The van der Waals surface area contributed by atoms with Crippen LogP contribution in [0.2, 0.25) is 0 Å². The van der Waals surface area contributed by atoms with Gasteiger partial charge in [0.25, 0.3) is 5.91 Å². The Balaban J connectivity index is 1.92. The van der Waals surface area contributed by atoms with Gasteiger partial charge >= 0.3 is 0 Å². The molecule has 0 atom stereocenters. The minimum atomic E-state index is 0.0135. The number of hydrogen-bond acceptors (Lipinski definition) is 4. The van der Waals surface area contributed by atoms with Crippen LogP contribution in [0.25, 0.3) is 6.08 Å². The average molecular weight is 409 g/mol. The third-order valence-electron chi connectivity index (χ3n) is 4.55. The zero-order valence-electron chi connectivity index (χ0n) is 17.4. The molecule has 1 aliphatic heterocycles. The molecule has 1 amide bonds. The Labute approximate surface area is 177 Å². The molecule has 4 nitrogen and oxygen atoms in total. The molecular weight excluding hydrogens is 380 g/mol. The van der Waals surface area contributed by atoms with Crippen LogP contribution in [0.5, 0.6) is 5.75 Å². The molecular formula is C24H28N2O2S. The van der Waals surface area contributed by atoms with Gasteiger partial charge in [-0.15, -0.1) is 0 Å². The van der Waals surface area contributed by atoms with Crippen LogP contribution in [-0.2, 0) is 4.79 Å². The molecule has 2 aromatic rings. The Morgan fingerprint density at radius 3 is 2.55 bits per heavy atom. The lowest BCUT2D eigenvalue weighted by atomic mass is 10.2. The molecule has 0 aliphatic carbocycles. The second-order valence-electron chi connectivity index (χ2n) is 7.04. The van der Waals surface area contributed by atoms with Crippen molar-refractivity contribution in [1.82, 2.24) is 4.90 Å². The molecule has 1 fully saturated rings. The maximum atomic E-state index is 13.1. The molecule has 1 heterocycles. The van der Waals surface area contributed by atoms with E-state index in [9.17, 15) is 4.79 Å². The van der Waals surface area contributed by atoms with E-state index >= 15 is 0 Å². The predicted octanol–water partition coefficient (Wildman–Crippen LogP) is 6.19. The summed E-state index contributed by atoms with van der Waals surface area (Å²) in [6.07, 6.45) is 4.84. The fraction of sp³-hybridized carbons (Fsp3) is 0.333. The van der Waals surface area contributed by atoms with Crippen molar-refractivity contribution < 1.29 is 9.53 Å². The SMILES string of the molecule is CCCCN1C(=O)/C(=C\c2ccccc2OCCC)SC1=Nc1ccc(C)cc1. The van der Waals surface area contributed by atoms with Gasteiger partial charge in [-0.3, -0.25) is 9.69 Å². The Hall–Kier alpha value is -2.53. The van der Waals surface area contributed by atoms with Crippen molar-refractivity contribution in [2.45, 2.75) is 40.0 Å². The fourth-order valence-corrected chi connectivity index (χ4v) is 3.93. The van der Waals surface area contributed by atoms with Crippen molar-refractivity contribution in [2.75, 3.05) is 13.2 Å². The van der Waals surface area contributed by atoms with E-state index in [4.69, 9.17) is 9.73 Å². The Bertz CT molecular complexity index is 903. The molecule has 0 aromatic heterocycles. The molecule has 3 rings (SSSR count). The smallest absolute Gasteiger partial charge is 0.266 e. The molecule has 29 heavy (non-hydrogen) atoms. The molecule has 0 bridgehead atoms. The van der Waals surface area contributed by atoms with Gasteiger partial charge in [0.05, 0.1) is 17.2 Å². The van der Waals surface area contributed by atoms with E-state index in [2.05, 4.69) is 20.8 Å². The molecule has 2 aromatic carbocycles.